The minimum absolute atomic E-state index is 0.205. The number of carbonyl (C=O) groups is 1. The maximum Gasteiger partial charge on any atom is 0.225 e. The third-order valence-corrected chi connectivity index (χ3v) is 2.70. The van der Waals surface area contributed by atoms with E-state index in [-0.39, 0.29) is 18.9 Å². The highest BCUT2D eigenvalue weighted by Gasteiger charge is 2.10. The standard InChI is InChI=1S/C9H9BrCl2N2O/c10-5-3-6(11)9(7(12)4-5)14-8(15)1-2-13/h3-4H,1-2,13H2,(H,14,15). The zero-order valence-electron chi connectivity index (χ0n) is 7.69. The lowest BCUT2D eigenvalue weighted by Gasteiger charge is -2.09. The van der Waals surface area contributed by atoms with Crippen molar-refractivity contribution in [2.45, 2.75) is 6.42 Å². The molecule has 1 rings (SSSR count). The third-order valence-electron chi connectivity index (χ3n) is 1.64. The van der Waals surface area contributed by atoms with Gasteiger partial charge in [-0.1, -0.05) is 39.1 Å². The van der Waals surface area contributed by atoms with E-state index in [1.54, 1.807) is 12.1 Å². The number of nitrogens with two attached hydrogens (primary N) is 1. The largest absolute Gasteiger partial charge is 0.330 e. The number of amides is 1. The van der Waals surface area contributed by atoms with Crippen LogP contribution in [0.15, 0.2) is 16.6 Å². The number of rotatable bonds is 3. The molecule has 0 spiro atoms. The first-order valence-corrected chi connectivity index (χ1v) is 5.74. The molecule has 0 saturated carbocycles. The average molecular weight is 312 g/mol. The Hall–Kier alpha value is -0.290. The van der Waals surface area contributed by atoms with Crippen molar-refractivity contribution >= 4 is 50.7 Å². The molecular formula is C9H9BrCl2N2O. The summed E-state index contributed by atoms with van der Waals surface area (Å²) >= 11 is 15.1. The quantitative estimate of drug-likeness (QED) is 0.901. The van der Waals surface area contributed by atoms with Crippen molar-refractivity contribution in [2.75, 3.05) is 11.9 Å². The Morgan fingerprint density at radius 2 is 1.93 bits per heavy atom. The zero-order chi connectivity index (χ0) is 11.4. The Bertz CT molecular complexity index is 361. The molecule has 0 saturated heterocycles. The van der Waals surface area contributed by atoms with Crippen LogP contribution in [0.25, 0.3) is 0 Å². The molecule has 15 heavy (non-hydrogen) atoms. The summed E-state index contributed by atoms with van der Waals surface area (Å²) in [5, 5.41) is 3.38. The van der Waals surface area contributed by atoms with Gasteiger partial charge in [-0.25, -0.2) is 0 Å². The molecule has 0 aliphatic rings. The third kappa shape index (κ3) is 3.65. The Morgan fingerprint density at radius 3 is 2.40 bits per heavy atom. The Labute approximate surface area is 106 Å². The second kappa shape index (κ2) is 5.70. The van der Waals surface area contributed by atoms with E-state index in [0.717, 1.165) is 4.47 Å². The van der Waals surface area contributed by atoms with Gasteiger partial charge in [-0.2, -0.15) is 0 Å². The van der Waals surface area contributed by atoms with Gasteiger partial charge in [-0.15, -0.1) is 0 Å². The minimum Gasteiger partial charge on any atom is -0.330 e. The maximum absolute atomic E-state index is 11.3. The van der Waals surface area contributed by atoms with E-state index in [9.17, 15) is 4.79 Å². The summed E-state index contributed by atoms with van der Waals surface area (Å²) in [6.07, 6.45) is 0.239. The fourth-order valence-electron chi connectivity index (χ4n) is 0.995. The number of halogens is 3. The van der Waals surface area contributed by atoms with Crippen LogP contribution in [0.2, 0.25) is 10.0 Å². The van der Waals surface area contributed by atoms with Crippen LogP contribution in [0.1, 0.15) is 6.42 Å². The molecule has 0 aliphatic carbocycles. The summed E-state index contributed by atoms with van der Waals surface area (Å²) in [6, 6.07) is 3.32. The summed E-state index contributed by atoms with van der Waals surface area (Å²) in [4.78, 5) is 11.3. The molecule has 1 amide bonds. The highest BCUT2D eigenvalue weighted by Crippen LogP contribution is 2.33. The van der Waals surface area contributed by atoms with Gasteiger partial charge in [0.2, 0.25) is 5.91 Å². The molecule has 82 valence electrons. The number of nitrogens with one attached hydrogen (secondary N) is 1. The Morgan fingerprint density at radius 1 is 1.40 bits per heavy atom. The van der Waals surface area contributed by atoms with E-state index < -0.39 is 0 Å². The van der Waals surface area contributed by atoms with Gasteiger partial charge >= 0.3 is 0 Å². The normalized spacial score (nSPS) is 10.1. The van der Waals surface area contributed by atoms with Crippen molar-refractivity contribution in [3.63, 3.8) is 0 Å². The molecule has 1 aromatic rings. The molecule has 0 atom stereocenters. The lowest BCUT2D eigenvalue weighted by Crippen LogP contribution is -2.16. The summed E-state index contributed by atoms with van der Waals surface area (Å²) < 4.78 is 0.759. The molecule has 0 aromatic heterocycles. The lowest BCUT2D eigenvalue weighted by molar-refractivity contribution is -0.116. The SMILES string of the molecule is NCCC(=O)Nc1c(Cl)cc(Br)cc1Cl. The van der Waals surface area contributed by atoms with Gasteiger partial charge < -0.3 is 11.1 Å². The molecule has 0 bridgehead atoms. The average Bonchev–Trinajstić information content (AvgIpc) is 2.11. The van der Waals surface area contributed by atoms with Crippen molar-refractivity contribution in [3.05, 3.63) is 26.7 Å². The minimum atomic E-state index is -0.205. The molecule has 0 unspecified atom stereocenters. The van der Waals surface area contributed by atoms with E-state index in [4.69, 9.17) is 28.9 Å². The predicted molar refractivity (Wildman–Crippen MR) is 66.5 cm³/mol. The number of hydrogen-bond acceptors (Lipinski definition) is 2. The Balaban J connectivity index is 2.90. The molecule has 6 heteroatoms. The topological polar surface area (TPSA) is 55.1 Å². The van der Waals surface area contributed by atoms with E-state index in [2.05, 4.69) is 21.2 Å². The number of hydrogen-bond donors (Lipinski definition) is 2. The fraction of sp³-hybridized carbons (Fsp3) is 0.222. The smallest absolute Gasteiger partial charge is 0.225 e. The van der Waals surface area contributed by atoms with Crippen LogP contribution in [0.3, 0.4) is 0 Å². The maximum atomic E-state index is 11.3. The predicted octanol–water partition coefficient (Wildman–Crippen LogP) is 3.04. The molecule has 1 aromatic carbocycles. The molecule has 0 aliphatic heterocycles. The summed E-state index contributed by atoms with van der Waals surface area (Å²) in [6.45, 7) is 0.289. The van der Waals surface area contributed by atoms with Gasteiger partial charge in [0.05, 0.1) is 15.7 Å². The zero-order valence-corrected chi connectivity index (χ0v) is 10.8. The van der Waals surface area contributed by atoms with Crippen LogP contribution in [-0.4, -0.2) is 12.5 Å². The van der Waals surface area contributed by atoms with Gasteiger partial charge in [0, 0.05) is 17.4 Å². The molecule has 3 nitrogen and oxygen atoms in total. The van der Waals surface area contributed by atoms with E-state index in [1.807, 2.05) is 0 Å². The molecule has 0 fully saturated rings. The lowest BCUT2D eigenvalue weighted by atomic mass is 10.3. The van der Waals surface area contributed by atoms with Crippen molar-refractivity contribution in [3.8, 4) is 0 Å². The van der Waals surface area contributed by atoms with E-state index in [0.29, 0.717) is 15.7 Å². The van der Waals surface area contributed by atoms with Crippen LogP contribution >= 0.6 is 39.1 Å². The number of benzene rings is 1. The second-order valence-corrected chi connectivity index (χ2v) is 4.56. The van der Waals surface area contributed by atoms with Gasteiger partial charge in [-0.05, 0) is 12.1 Å². The number of anilines is 1. The fourth-order valence-corrected chi connectivity index (χ4v) is 2.30. The monoisotopic (exact) mass is 310 g/mol. The van der Waals surface area contributed by atoms with Gasteiger partial charge in [0.15, 0.2) is 0 Å². The Kier molecular flexibility index (Phi) is 4.86. The van der Waals surface area contributed by atoms with Crippen molar-refractivity contribution in [1.29, 1.82) is 0 Å². The van der Waals surface area contributed by atoms with Crippen molar-refractivity contribution < 1.29 is 4.79 Å². The molecule has 0 heterocycles. The van der Waals surface area contributed by atoms with Crippen LogP contribution < -0.4 is 11.1 Å². The summed E-state index contributed by atoms with van der Waals surface area (Å²) in [5.74, 6) is -0.205. The van der Waals surface area contributed by atoms with Crippen LogP contribution in [0.5, 0.6) is 0 Å². The van der Waals surface area contributed by atoms with Crippen molar-refractivity contribution in [1.82, 2.24) is 0 Å². The summed E-state index contributed by atoms with van der Waals surface area (Å²) in [7, 11) is 0. The molecular weight excluding hydrogens is 303 g/mol. The van der Waals surface area contributed by atoms with Crippen LogP contribution in [-0.2, 0) is 4.79 Å². The first-order valence-electron chi connectivity index (χ1n) is 4.19. The number of carbonyl (C=O) groups excluding carboxylic acids is 1. The highest BCUT2D eigenvalue weighted by atomic mass is 79.9. The van der Waals surface area contributed by atoms with Crippen LogP contribution in [0, 0.1) is 0 Å². The molecule has 0 radical (unpaired) electrons. The first-order chi connectivity index (χ1) is 7.04. The summed E-state index contributed by atoms with van der Waals surface area (Å²) in [5.41, 5.74) is 5.67. The first kappa shape index (κ1) is 12.8. The molecule has 3 N–H and O–H groups in total. The van der Waals surface area contributed by atoms with Gasteiger partial charge in [-0.3, -0.25) is 4.79 Å². The van der Waals surface area contributed by atoms with E-state index >= 15 is 0 Å². The van der Waals surface area contributed by atoms with Crippen molar-refractivity contribution in [2.24, 2.45) is 5.73 Å². The van der Waals surface area contributed by atoms with Crippen LogP contribution in [0.4, 0.5) is 5.69 Å². The second-order valence-electron chi connectivity index (χ2n) is 2.83. The van der Waals surface area contributed by atoms with Gasteiger partial charge in [0.1, 0.15) is 0 Å². The highest BCUT2D eigenvalue weighted by molar-refractivity contribution is 9.10. The van der Waals surface area contributed by atoms with E-state index in [1.165, 1.54) is 0 Å². The van der Waals surface area contributed by atoms with Gasteiger partial charge in [0.25, 0.3) is 0 Å².